The maximum absolute atomic E-state index is 6.12. The van der Waals surface area contributed by atoms with E-state index >= 15 is 0 Å². The third-order valence-electron chi connectivity index (χ3n) is 6.90. The Morgan fingerprint density at radius 3 is 2.62 bits per heavy atom. The van der Waals surface area contributed by atoms with E-state index in [9.17, 15) is 0 Å². The van der Waals surface area contributed by atoms with E-state index in [1.54, 1.807) is 0 Å². The molecule has 2 aliphatic rings. The predicted octanol–water partition coefficient (Wildman–Crippen LogP) is 3.94. The van der Waals surface area contributed by atoms with Crippen molar-refractivity contribution >= 4 is 11.8 Å². The van der Waals surface area contributed by atoms with Gasteiger partial charge in [-0.3, -0.25) is 0 Å². The van der Waals surface area contributed by atoms with E-state index in [2.05, 4.69) is 82.1 Å². The van der Waals surface area contributed by atoms with Crippen LogP contribution in [0.15, 0.2) is 42.3 Å². The molecule has 0 aliphatic carbocycles. The van der Waals surface area contributed by atoms with E-state index in [1.807, 2.05) is 0 Å². The van der Waals surface area contributed by atoms with Gasteiger partial charge in [-0.2, -0.15) is 4.98 Å². The lowest BCUT2D eigenvalue weighted by molar-refractivity contribution is 0.298. The molecule has 170 valence electrons. The van der Waals surface area contributed by atoms with Crippen LogP contribution in [0.2, 0.25) is 0 Å². The molecule has 1 unspecified atom stereocenters. The van der Waals surface area contributed by atoms with Gasteiger partial charge in [-0.05, 0) is 43.0 Å². The predicted molar refractivity (Wildman–Crippen MR) is 132 cm³/mol. The molecule has 6 nitrogen and oxygen atoms in total. The summed E-state index contributed by atoms with van der Waals surface area (Å²) in [5, 5.41) is 0. The van der Waals surface area contributed by atoms with Gasteiger partial charge in [0.2, 0.25) is 5.95 Å². The fraction of sp³-hybridized carbons (Fsp3) is 0.500. The number of allylic oxidation sites excluding steroid dienone is 1. The number of nitrogen functional groups attached to an aromatic ring is 1. The molecule has 0 saturated carbocycles. The van der Waals surface area contributed by atoms with E-state index in [-0.39, 0.29) is 0 Å². The molecule has 0 bridgehead atoms. The summed E-state index contributed by atoms with van der Waals surface area (Å²) in [5.41, 5.74) is 15.3. The van der Waals surface area contributed by atoms with E-state index < -0.39 is 0 Å². The number of nitrogens with two attached hydrogens (primary N) is 1. The van der Waals surface area contributed by atoms with Gasteiger partial charge in [-0.25, -0.2) is 4.98 Å². The minimum atomic E-state index is 0.334. The van der Waals surface area contributed by atoms with E-state index in [4.69, 9.17) is 5.73 Å². The Morgan fingerprint density at radius 2 is 1.91 bits per heavy atom. The van der Waals surface area contributed by atoms with Gasteiger partial charge < -0.3 is 20.4 Å². The SMILES string of the molecule is C=C=C(CC(C)CC)N1CCc2ccc(-c3cc(N4CCN(C)CC4)nc(N)n3)cc2C1. The van der Waals surface area contributed by atoms with Gasteiger partial charge >= 0.3 is 0 Å². The number of anilines is 2. The standard InChI is InChI=1S/C26H36N6/c1-5-19(3)15-23(6-2)32-10-9-20-7-8-21(16-22(20)18-32)24-17-25(29-26(27)28-24)31-13-11-30(4)12-14-31/h7-8,16-17,19H,2,5,9-15,18H2,1,3-4H3,(H2,27,28,29). The molecular weight excluding hydrogens is 396 g/mol. The second-order valence-corrected chi connectivity index (χ2v) is 9.26. The zero-order valence-electron chi connectivity index (χ0n) is 19.8. The van der Waals surface area contributed by atoms with Crippen LogP contribution in [0, 0.1) is 5.92 Å². The zero-order valence-corrected chi connectivity index (χ0v) is 19.8. The first-order valence-corrected chi connectivity index (χ1v) is 11.8. The summed E-state index contributed by atoms with van der Waals surface area (Å²) < 4.78 is 0. The van der Waals surface area contributed by atoms with Crippen LogP contribution in [0.4, 0.5) is 11.8 Å². The van der Waals surface area contributed by atoms with Gasteiger partial charge in [0.1, 0.15) is 5.82 Å². The minimum absolute atomic E-state index is 0.334. The zero-order chi connectivity index (χ0) is 22.7. The molecule has 2 aromatic rings. The number of benzene rings is 1. The van der Waals surface area contributed by atoms with Gasteiger partial charge in [0.05, 0.1) is 11.4 Å². The molecule has 0 spiro atoms. The van der Waals surface area contributed by atoms with Crippen molar-refractivity contribution in [2.45, 2.75) is 39.7 Å². The van der Waals surface area contributed by atoms with Crippen LogP contribution < -0.4 is 10.6 Å². The summed E-state index contributed by atoms with van der Waals surface area (Å²) >= 11 is 0. The Labute approximate surface area is 192 Å². The van der Waals surface area contributed by atoms with Crippen molar-refractivity contribution in [2.24, 2.45) is 5.92 Å². The van der Waals surface area contributed by atoms with Gasteiger partial charge in [0, 0.05) is 50.9 Å². The van der Waals surface area contributed by atoms with Gasteiger partial charge in [0.15, 0.2) is 0 Å². The summed E-state index contributed by atoms with van der Waals surface area (Å²) in [5.74, 6) is 1.90. The van der Waals surface area contributed by atoms with Gasteiger partial charge in [0.25, 0.3) is 0 Å². The molecule has 1 saturated heterocycles. The van der Waals surface area contributed by atoms with Crippen LogP contribution in [0.25, 0.3) is 11.3 Å². The van der Waals surface area contributed by atoms with Crippen LogP contribution in [0.1, 0.15) is 37.8 Å². The highest BCUT2D eigenvalue weighted by Gasteiger charge is 2.21. The van der Waals surface area contributed by atoms with Crippen molar-refractivity contribution in [3.05, 3.63) is 53.4 Å². The largest absolute Gasteiger partial charge is 0.368 e. The van der Waals surface area contributed by atoms with E-state index in [0.717, 1.165) is 69.2 Å². The summed E-state index contributed by atoms with van der Waals surface area (Å²) in [7, 11) is 2.16. The highest BCUT2D eigenvalue weighted by atomic mass is 15.3. The second-order valence-electron chi connectivity index (χ2n) is 9.26. The first kappa shape index (κ1) is 22.4. The topological polar surface area (TPSA) is 61.5 Å². The van der Waals surface area contributed by atoms with Crippen molar-refractivity contribution in [3.63, 3.8) is 0 Å². The lowest BCUT2D eigenvalue weighted by atomic mass is 9.94. The molecule has 2 aliphatic heterocycles. The number of piperazine rings is 1. The highest BCUT2D eigenvalue weighted by molar-refractivity contribution is 5.66. The Kier molecular flexibility index (Phi) is 6.83. The van der Waals surface area contributed by atoms with Crippen LogP contribution in [0.5, 0.6) is 0 Å². The lowest BCUT2D eigenvalue weighted by Gasteiger charge is -2.33. The van der Waals surface area contributed by atoms with Crippen LogP contribution in [-0.2, 0) is 13.0 Å². The third kappa shape index (κ3) is 4.98. The normalized spacial score (nSPS) is 17.6. The Hall–Kier alpha value is -2.82. The maximum Gasteiger partial charge on any atom is 0.222 e. The molecule has 6 heteroatoms. The number of likely N-dealkylation sites (N-methyl/N-ethyl adjacent to an activating group) is 1. The van der Waals surface area contributed by atoms with Crippen molar-refractivity contribution in [1.29, 1.82) is 0 Å². The lowest BCUT2D eigenvalue weighted by Crippen LogP contribution is -2.44. The first-order valence-electron chi connectivity index (χ1n) is 11.8. The fourth-order valence-electron chi connectivity index (χ4n) is 4.53. The molecular formula is C26H36N6. The van der Waals surface area contributed by atoms with Gasteiger partial charge in [-0.1, -0.05) is 39.0 Å². The molecule has 1 atom stereocenters. The number of fused-ring (bicyclic) bond motifs is 1. The second kappa shape index (κ2) is 9.76. The minimum Gasteiger partial charge on any atom is -0.368 e. The smallest absolute Gasteiger partial charge is 0.222 e. The van der Waals surface area contributed by atoms with E-state index in [0.29, 0.717) is 11.9 Å². The molecule has 1 aromatic carbocycles. The fourth-order valence-corrected chi connectivity index (χ4v) is 4.53. The molecule has 1 aromatic heterocycles. The Bertz CT molecular complexity index is 1000. The molecule has 0 radical (unpaired) electrons. The van der Waals surface area contributed by atoms with Crippen LogP contribution in [0.3, 0.4) is 0 Å². The number of rotatable bonds is 6. The maximum atomic E-state index is 6.12. The summed E-state index contributed by atoms with van der Waals surface area (Å²) in [6.45, 7) is 14.4. The molecule has 4 rings (SSSR count). The quantitative estimate of drug-likeness (QED) is 0.698. The monoisotopic (exact) mass is 432 g/mol. The van der Waals surface area contributed by atoms with Crippen molar-refractivity contribution in [2.75, 3.05) is 50.4 Å². The molecule has 2 N–H and O–H groups in total. The van der Waals surface area contributed by atoms with Crippen LogP contribution >= 0.6 is 0 Å². The number of hydrogen-bond acceptors (Lipinski definition) is 6. The number of hydrogen-bond donors (Lipinski definition) is 1. The molecule has 32 heavy (non-hydrogen) atoms. The van der Waals surface area contributed by atoms with E-state index in [1.165, 1.54) is 23.2 Å². The molecule has 3 heterocycles. The molecule has 0 amide bonds. The van der Waals surface area contributed by atoms with Crippen molar-refractivity contribution in [3.8, 4) is 11.3 Å². The highest BCUT2D eigenvalue weighted by Crippen LogP contribution is 2.30. The van der Waals surface area contributed by atoms with Crippen LogP contribution in [-0.4, -0.2) is 59.5 Å². The van der Waals surface area contributed by atoms with Crippen molar-refractivity contribution < 1.29 is 0 Å². The summed E-state index contributed by atoms with van der Waals surface area (Å²) in [6.07, 6.45) is 3.25. The van der Waals surface area contributed by atoms with Gasteiger partial charge in [-0.15, -0.1) is 5.73 Å². The third-order valence-corrected chi connectivity index (χ3v) is 6.90. The summed E-state index contributed by atoms with van der Waals surface area (Å²) in [6, 6.07) is 8.79. The Morgan fingerprint density at radius 1 is 1.12 bits per heavy atom. The average Bonchev–Trinajstić information content (AvgIpc) is 2.81. The summed E-state index contributed by atoms with van der Waals surface area (Å²) in [4.78, 5) is 16.2. The van der Waals surface area contributed by atoms with Crippen molar-refractivity contribution in [1.82, 2.24) is 19.8 Å². The molecule has 1 fully saturated rings. The Balaban J connectivity index is 1.58. The number of aromatic nitrogens is 2. The average molecular weight is 433 g/mol. The first-order chi connectivity index (χ1) is 15.5. The number of nitrogens with zero attached hydrogens (tertiary/aromatic N) is 5.